The maximum absolute atomic E-state index is 12.8. The highest BCUT2D eigenvalue weighted by Crippen LogP contribution is 2.31. The van der Waals surface area contributed by atoms with Crippen LogP contribution in [-0.4, -0.2) is 18.2 Å². The van der Waals surface area contributed by atoms with Gasteiger partial charge in [0.05, 0.1) is 11.7 Å². The Balaban J connectivity index is 1.49. The molecule has 0 aromatic heterocycles. The molecule has 2 N–H and O–H groups in total. The largest absolute Gasteiger partial charge is 0.416 e. The molecule has 0 radical (unpaired) electrons. The van der Waals surface area contributed by atoms with E-state index in [0.717, 1.165) is 25.1 Å². The molecule has 5 heteroatoms. The minimum Gasteiger partial charge on any atom is -0.388 e. The Morgan fingerprint density at radius 3 is 2.44 bits per heavy atom. The zero-order valence-corrected chi connectivity index (χ0v) is 14.8. The van der Waals surface area contributed by atoms with E-state index in [-0.39, 0.29) is 0 Å². The third-order valence-corrected chi connectivity index (χ3v) is 4.64. The Hall–Kier alpha value is -2.37. The topological polar surface area (TPSA) is 32.3 Å². The summed E-state index contributed by atoms with van der Waals surface area (Å²) < 4.78 is 38.3. The summed E-state index contributed by atoms with van der Waals surface area (Å²) in [6.07, 6.45) is -4.11. The first-order valence-electron chi connectivity index (χ1n) is 8.98. The van der Waals surface area contributed by atoms with Crippen molar-refractivity contribution in [3.8, 4) is 0 Å². The third kappa shape index (κ3) is 5.08. The van der Waals surface area contributed by atoms with Crippen LogP contribution >= 0.6 is 0 Å². The number of benzene rings is 3. The average molecular weight is 373 g/mol. The number of aliphatic hydroxyl groups excluding tert-OH is 1. The van der Waals surface area contributed by atoms with Crippen LogP contribution in [0.15, 0.2) is 66.7 Å². The van der Waals surface area contributed by atoms with Gasteiger partial charge in [-0.05, 0) is 60.0 Å². The first-order valence-corrected chi connectivity index (χ1v) is 8.98. The molecule has 0 saturated heterocycles. The monoisotopic (exact) mass is 373 g/mol. The fourth-order valence-corrected chi connectivity index (χ4v) is 3.19. The average Bonchev–Trinajstić information content (AvgIpc) is 2.67. The van der Waals surface area contributed by atoms with E-state index in [2.05, 4.69) is 29.6 Å². The fourth-order valence-electron chi connectivity index (χ4n) is 3.19. The van der Waals surface area contributed by atoms with Crippen LogP contribution in [0.3, 0.4) is 0 Å². The Bertz CT molecular complexity index is 887. The predicted octanol–water partition coefficient (Wildman–Crippen LogP) is 5.11. The van der Waals surface area contributed by atoms with Crippen LogP contribution in [0.5, 0.6) is 0 Å². The van der Waals surface area contributed by atoms with E-state index < -0.39 is 17.8 Å². The van der Waals surface area contributed by atoms with Crippen LogP contribution in [-0.2, 0) is 12.6 Å². The number of fused-ring (bicyclic) bond motifs is 1. The molecule has 0 aliphatic heterocycles. The first kappa shape index (κ1) is 19.4. The summed E-state index contributed by atoms with van der Waals surface area (Å²) in [5.41, 5.74) is 0.808. The van der Waals surface area contributed by atoms with Crippen LogP contribution in [0.25, 0.3) is 10.8 Å². The molecule has 0 spiro atoms. The lowest BCUT2D eigenvalue weighted by molar-refractivity contribution is -0.137. The van der Waals surface area contributed by atoms with Gasteiger partial charge in [-0.25, -0.2) is 0 Å². The lowest BCUT2D eigenvalue weighted by atomic mass is 10.0. The van der Waals surface area contributed by atoms with Crippen molar-refractivity contribution in [3.05, 3.63) is 83.4 Å². The Kier molecular flexibility index (Phi) is 6.14. The predicted molar refractivity (Wildman–Crippen MR) is 102 cm³/mol. The van der Waals surface area contributed by atoms with Gasteiger partial charge in [-0.3, -0.25) is 0 Å². The van der Waals surface area contributed by atoms with Crippen LogP contribution in [0.2, 0.25) is 0 Å². The van der Waals surface area contributed by atoms with Crippen LogP contribution in [0.1, 0.15) is 29.2 Å². The number of rotatable bonds is 7. The van der Waals surface area contributed by atoms with Crippen LogP contribution in [0, 0.1) is 0 Å². The zero-order valence-electron chi connectivity index (χ0n) is 14.8. The quantitative estimate of drug-likeness (QED) is 0.564. The number of halogens is 3. The molecule has 2 nitrogen and oxygen atoms in total. The molecule has 3 aromatic carbocycles. The van der Waals surface area contributed by atoms with Gasteiger partial charge in [-0.2, -0.15) is 13.2 Å². The van der Waals surface area contributed by atoms with Gasteiger partial charge in [0.1, 0.15) is 0 Å². The second kappa shape index (κ2) is 8.55. The van der Waals surface area contributed by atoms with Crippen LogP contribution in [0.4, 0.5) is 13.2 Å². The van der Waals surface area contributed by atoms with Gasteiger partial charge in [0.25, 0.3) is 0 Å². The van der Waals surface area contributed by atoms with E-state index in [9.17, 15) is 18.3 Å². The highest BCUT2D eigenvalue weighted by atomic mass is 19.4. The molecule has 1 unspecified atom stereocenters. The maximum atomic E-state index is 12.8. The molecule has 3 aromatic rings. The number of aliphatic hydroxyl groups is 1. The molecule has 3 rings (SSSR count). The summed E-state index contributed by atoms with van der Waals surface area (Å²) in [4.78, 5) is 0. The SMILES string of the molecule is OC(CCNCCc1cccc2ccccc12)c1cccc(C(F)(F)F)c1. The van der Waals surface area contributed by atoms with Crippen molar-refractivity contribution in [2.24, 2.45) is 0 Å². The lowest BCUT2D eigenvalue weighted by Crippen LogP contribution is -2.20. The lowest BCUT2D eigenvalue weighted by Gasteiger charge is -2.14. The first-order chi connectivity index (χ1) is 12.9. The summed E-state index contributed by atoms with van der Waals surface area (Å²) >= 11 is 0. The van der Waals surface area contributed by atoms with Gasteiger partial charge in [0.15, 0.2) is 0 Å². The summed E-state index contributed by atoms with van der Waals surface area (Å²) in [7, 11) is 0. The van der Waals surface area contributed by atoms with E-state index in [1.54, 1.807) is 0 Å². The normalized spacial score (nSPS) is 13.0. The molecule has 0 aliphatic carbocycles. The van der Waals surface area contributed by atoms with Crippen molar-refractivity contribution >= 4 is 10.8 Å². The van der Waals surface area contributed by atoms with Crippen molar-refractivity contribution < 1.29 is 18.3 Å². The van der Waals surface area contributed by atoms with Gasteiger partial charge in [0, 0.05) is 0 Å². The molecular formula is C22H22F3NO. The van der Waals surface area contributed by atoms with Gasteiger partial charge < -0.3 is 10.4 Å². The van der Waals surface area contributed by atoms with Gasteiger partial charge in [0.2, 0.25) is 0 Å². The Morgan fingerprint density at radius 2 is 1.63 bits per heavy atom. The van der Waals surface area contributed by atoms with E-state index in [0.29, 0.717) is 18.5 Å². The minimum atomic E-state index is -4.40. The highest BCUT2D eigenvalue weighted by molar-refractivity contribution is 5.85. The van der Waals surface area contributed by atoms with Crippen molar-refractivity contribution in [2.75, 3.05) is 13.1 Å². The van der Waals surface area contributed by atoms with Crippen molar-refractivity contribution in [1.82, 2.24) is 5.32 Å². The van der Waals surface area contributed by atoms with Crippen molar-refractivity contribution in [3.63, 3.8) is 0 Å². The van der Waals surface area contributed by atoms with E-state index in [1.165, 1.54) is 28.5 Å². The van der Waals surface area contributed by atoms with Gasteiger partial charge in [-0.15, -0.1) is 0 Å². The molecule has 0 amide bonds. The number of hydrogen-bond donors (Lipinski definition) is 2. The molecule has 0 fully saturated rings. The van der Waals surface area contributed by atoms with E-state index in [4.69, 9.17) is 0 Å². The third-order valence-electron chi connectivity index (χ3n) is 4.64. The molecule has 0 aliphatic rings. The molecule has 0 bridgehead atoms. The summed E-state index contributed by atoms with van der Waals surface area (Å²) in [6, 6.07) is 19.3. The number of alkyl halides is 3. The van der Waals surface area contributed by atoms with Gasteiger partial charge >= 0.3 is 6.18 Å². The Labute approximate surface area is 156 Å². The molecular weight excluding hydrogens is 351 g/mol. The van der Waals surface area contributed by atoms with Gasteiger partial charge in [-0.1, -0.05) is 54.6 Å². The minimum absolute atomic E-state index is 0.292. The smallest absolute Gasteiger partial charge is 0.388 e. The fraction of sp³-hybridized carbons (Fsp3) is 0.273. The summed E-state index contributed by atoms with van der Waals surface area (Å²) in [6.45, 7) is 1.27. The second-order valence-corrected chi connectivity index (χ2v) is 6.57. The highest BCUT2D eigenvalue weighted by Gasteiger charge is 2.30. The van der Waals surface area contributed by atoms with Crippen molar-refractivity contribution in [2.45, 2.75) is 25.1 Å². The zero-order chi connectivity index (χ0) is 19.3. The number of hydrogen-bond acceptors (Lipinski definition) is 2. The van der Waals surface area contributed by atoms with Crippen LogP contribution < -0.4 is 5.32 Å². The molecule has 1 atom stereocenters. The van der Waals surface area contributed by atoms with Crippen molar-refractivity contribution in [1.29, 1.82) is 0 Å². The molecule has 0 heterocycles. The number of nitrogens with one attached hydrogen (secondary N) is 1. The standard InChI is InChI=1S/C22H22F3NO/c23-22(24,25)19-9-4-8-18(15-19)21(27)12-14-26-13-11-17-7-3-6-16-5-1-2-10-20(16)17/h1-10,15,21,26-27H,11-14H2. The Morgan fingerprint density at radius 1 is 0.889 bits per heavy atom. The van der Waals surface area contributed by atoms with E-state index in [1.807, 2.05) is 18.2 Å². The summed E-state index contributed by atoms with van der Waals surface area (Å²) in [5.74, 6) is 0. The molecule has 142 valence electrons. The second-order valence-electron chi connectivity index (χ2n) is 6.57. The molecule has 0 saturated carbocycles. The van der Waals surface area contributed by atoms with E-state index >= 15 is 0 Å². The molecule has 27 heavy (non-hydrogen) atoms. The summed E-state index contributed by atoms with van der Waals surface area (Å²) in [5, 5.41) is 15.9. The maximum Gasteiger partial charge on any atom is 0.416 e.